The van der Waals surface area contributed by atoms with E-state index in [1.165, 1.54) is 0 Å². The largest absolute Gasteiger partial charge is 0.488 e. The Morgan fingerprint density at radius 1 is 1.40 bits per heavy atom. The Labute approximate surface area is 145 Å². The number of aliphatic hydroxyl groups excluding tert-OH is 1. The van der Waals surface area contributed by atoms with Gasteiger partial charge in [-0.3, -0.25) is 0 Å². The summed E-state index contributed by atoms with van der Waals surface area (Å²) in [6, 6.07) is 5.06. The van der Waals surface area contributed by atoms with Crippen molar-refractivity contribution in [1.29, 1.82) is 0 Å². The summed E-state index contributed by atoms with van der Waals surface area (Å²) < 4.78 is 37.0. The second-order valence-corrected chi connectivity index (χ2v) is 7.02. The Bertz CT molecular complexity index is 617. The normalized spacial score (nSPS) is 16.8. The van der Waals surface area contributed by atoms with E-state index in [1.807, 2.05) is 0 Å². The lowest BCUT2D eigenvalue weighted by Gasteiger charge is -2.20. The molecule has 1 aromatic carbocycles. The van der Waals surface area contributed by atoms with E-state index in [-0.39, 0.29) is 12.6 Å². The monoisotopic (exact) mass is 358 g/mol. The quantitative estimate of drug-likeness (QED) is 0.728. The third-order valence-corrected chi connectivity index (χ3v) is 3.46. The molecule has 25 heavy (non-hydrogen) atoms. The van der Waals surface area contributed by atoms with Crippen LogP contribution in [0.25, 0.3) is 0 Å². The number of anilines is 1. The van der Waals surface area contributed by atoms with Crippen LogP contribution in [0.5, 0.6) is 5.75 Å². The summed E-state index contributed by atoms with van der Waals surface area (Å²) in [6.07, 6.45) is -0.200. The van der Waals surface area contributed by atoms with E-state index >= 15 is 0 Å². The van der Waals surface area contributed by atoms with E-state index in [4.69, 9.17) is 14.6 Å². The minimum atomic E-state index is -3.17. The van der Waals surface area contributed by atoms with Crippen molar-refractivity contribution in [3.05, 3.63) is 23.8 Å². The number of alkyl halides is 2. The van der Waals surface area contributed by atoms with Crippen LogP contribution in [0.1, 0.15) is 26.3 Å². The van der Waals surface area contributed by atoms with Crippen LogP contribution in [-0.4, -0.2) is 48.5 Å². The molecule has 1 aliphatic heterocycles. The summed E-state index contributed by atoms with van der Waals surface area (Å²) in [5.74, 6) is -2.51. The van der Waals surface area contributed by atoms with Crippen molar-refractivity contribution < 1.29 is 28.2 Å². The van der Waals surface area contributed by atoms with Crippen molar-refractivity contribution in [3.63, 3.8) is 0 Å². The summed E-state index contributed by atoms with van der Waals surface area (Å²) in [5.41, 5.74) is 0.824. The van der Waals surface area contributed by atoms with E-state index in [0.717, 1.165) is 5.56 Å². The minimum absolute atomic E-state index is 0.239. The van der Waals surface area contributed by atoms with Gasteiger partial charge in [-0.1, -0.05) is 0 Å². The molecule has 0 spiro atoms. The second kappa shape index (κ2) is 7.43. The average molecular weight is 358 g/mol. The first kappa shape index (κ1) is 19.2. The molecule has 1 atom stereocenters. The highest BCUT2D eigenvalue weighted by Gasteiger charge is 2.28. The third kappa shape index (κ3) is 6.04. The minimum Gasteiger partial charge on any atom is -0.488 e. The summed E-state index contributed by atoms with van der Waals surface area (Å²) in [6.45, 7) is 3.78. The van der Waals surface area contributed by atoms with Gasteiger partial charge in [0.15, 0.2) is 0 Å². The summed E-state index contributed by atoms with van der Waals surface area (Å²) >= 11 is 0. The molecule has 3 N–H and O–H groups in total. The van der Waals surface area contributed by atoms with Crippen LogP contribution >= 0.6 is 0 Å². The number of ether oxygens (including phenoxy) is 2. The van der Waals surface area contributed by atoms with Gasteiger partial charge in [0.05, 0.1) is 13.1 Å². The Morgan fingerprint density at radius 2 is 2.12 bits per heavy atom. The van der Waals surface area contributed by atoms with Crippen molar-refractivity contribution in [3.8, 4) is 5.75 Å². The van der Waals surface area contributed by atoms with E-state index < -0.39 is 30.8 Å². The predicted octanol–water partition coefficient (Wildman–Crippen LogP) is 2.55. The summed E-state index contributed by atoms with van der Waals surface area (Å²) in [5, 5.41) is 13.8. The highest BCUT2D eigenvalue weighted by atomic mass is 19.3. The SMILES string of the molecule is CC(C)(C)OC(=O)NCC1Cc2cc(NCC(F)(F)CO)ccc2O1. The molecule has 0 aromatic heterocycles. The molecule has 1 aliphatic rings. The molecular weight excluding hydrogens is 334 g/mol. The van der Waals surface area contributed by atoms with Gasteiger partial charge in [0.2, 0.25) is 0 Å². The Balaban J connectivity index is 1.85. The fourth-order valence-electron chi connectivity index (χ4n) is 2.34. The second-order valence-electron chi connectivity index (χ2n) is 7.02. The maximum Gasteiger partial charge on any atom is 0.407 e. The lowest BCUT2D eigenvalue weighted by atomic mass is 10.1. The first-order valence-electron chi connectivity index (χ1n) is 8.07. The average Bonchev–Trinajstić information content (AvgIpc) is 2.91. The smallest absolute Gasteiger partial charge is 0.407 e. The number of hydrogen-bond donors (Lipinski definition) is 3. The third-order valence-electron chi connectivity index (χ3n) is 3.46. The molecule has 1 aromatic rings. The van der Waals surface area contributed by atoms with Gasteiger partial charge >= 0.3 is 6.09 Å². The molecule has 140 valence electrons. The van der Waals surface area contributed by atoms with E-state index in [0.29, 0.717) is 17.9 Å². The van der Waals surface area contributed by atoms with Gasteiger partial charge in [0.25, 0.3) is 5.92 Å². The molecule has 6 nitrogen and oxygen atoms in total. The predicted molar refractivity (Wildman–Crippen MR) is 89.3 cm³/mol. The first-order valence-corrected chi connectivity index (χ1v) is 8.07. The summed E-state index contributed by atoms with van der Waals surface area (Å²) in [7, 11) is 0. The number of nitrogens with one attached hydrogen (secondary N) is 2. The molecular formula is C17H24F2N2O4. The number of amides is 1. The zero-order chi connectivity index (χ0) is 18.7. The van der Waals surface area contributed by atoms with Gasteiger partial charge in [-0.2, -0.15) is 0 Å². The number of hydrogen-bond acceptors (Lipinski definition) is 5. The van der Waals surface area contributed by atoms with Crippen molar-refractivity contribution in [2.45, 2.75) is 44.8 Å². The zero-order valence-corrected chi connectivity index (χ0v) is 14.6. The standard InChI is InChI=1S/C17H24F2N2O4/c1-16(2,3)25-15(23)20-8-13-7-11-6-12(4-5-14(11)24-13)21-9-17(18,19)10-22/h4-6,13,21-22H,7-10H2,1-3H3,(H,20,23). The fourth-order valence-corrected chi connectivity index (χ4v) is 2.34. The van der Waals surface area contributed by atoms with E-state index in [1.54, 1.807) is 39.0 Å². The molecule has 0 aliphatic carbocycles. The number of alkyl carbamates (subject to hydrolysis) is 1. The number of carbonyl (C=O) groups excluding carboxylic acids is 1. The molecule has 2 rings (SSSR count). The highest BCUT2D eigenvalue weighted by molar-refractivity contribution is 5.67. The van der Waals surface area contributed by atoms with Crippen LogP contribution in [-0.2, 0) is 11.2 Å². The molecule has 0 saturated heterocycles. The Hall–Kier alpha value is -2.09. The number of benzene rings is 1. The van der Waals surface area contributed by atoms with Crippen molar-refractivity contribution in [2.75, 3.05) is 25.0 Å². The van der Waals surface area contributed by atoms with Crippen LogP contribution in [0.2, 0.25) is 0 Å². The van der Waals surface area contributed by atoms with Crippen LogP contribution in [0, 0.1) is 0 Å². The summed E-state index contributed by atoms with van der Waals surface area (Å²) in [4.78, 5) is 11.7. The van der Waals surface area contributed by atoms with Crippen molar-refractivity contribution in [1.82, 2.24) is 5.32 Å². The van der Waals surface area contributed by atoms with E-state index in [2.05, 4.69) is 10.6 Å². The van der Waals surface area contributed by atoms with Crippen LogP contribution in [0.15, 0.2) is 18.2 Å². The van der Waals surface area contributed by atoms with E-state index in [9.17, 15) is 13.6 Å². The zero-order valence-electron chi connectivity index (χ0n) is 14.6. The number of aliphatic hydroxyl groups is 1. The van der Waals surface area contributed by atoms with Crippen molar-refractivity contribution >= 4 is 11.8 Å². The molecule has 0 radical (unpaired) electrons. The van der Waals surface area contributed by atoms with Crippen LogP contribution < -0.4 is 15.4 Å². The molecule has 0 saturated carbocycles. The molecule has 1 unspecified atom stereocenters. The Morgan fingerprint density at radius 3 is 2.76 bits per heavy atom. The maximum absolute atomic E-state index is 13.1. The molecule has 0 bridgehead atoms. The van der Waals surface area contributed by atoms with Gasteiger partial charge in [0.1, 0.15) is 24.1 Å². The van der Waals surface area contributed by atoms with Crippen LogP contribution in [0.4, 0.5) is 19.3 Å². The molecule has 1 amide bonds. The van der Waals surface area contributed by atoms with Gasteiger partial charge in [-0.05, 0) is 44.5 Å². The van der Waals surface area contributed by atoms with Gasteiger partial charge in [-0.15, -0.1) is 0 Å². The molecule has 0 fully saturated rings. The highest BCUT2D eigenvalue weighted by Crippen LogP contribution is 2.31. The van der Waals surface area contributed by atoms with Gasteiger partial charge in [-0.25, -0.2) is 13.6 Å². The Kier molecular flexibility index (Phi) is 5.72. The first-order chi connectivity index (χ1) is 11.6. The number of carbonyl (C=O) groups is 1. The molecule has 8 heteroatoms. The number of rotatable bonds is 6. The van der Waals surface area contributed by atoms with Crippen molar-refractivity contribution in [2.24, 2.45) is 0 Å². The van der Waals surface area contributed by atoms with Gasteiger partial charge < -0.3 is 25.2 Å². The van der Waals surface area contributed by atoms with Gasteiger partial charge in [0, 0.05) is 12.1 Å². The van der Waals surface area contributed by atoms with Crippen LogP contribution in [0.3, 0.4) is 0 Å². The number of halogens is 2. The lowest BCUT2D eigenvalue weighted by molar-refractivity contribution is -0.0372. The fraction of sp³-hybridized carbons (Fsp3) is 0.588. The maximum atomic E-state index is 13.1. The number of fused-ring (bicyclic) bond motifs is 1. The molecule has 1 heterocycles. The topological polar surface area (TPSA) is 79.8 Å². The lowest BCUT2D eigenvalue weighted by Crippen LogP contribution is -2.38.